The van der Waals surface area contributed by atoms with Gasteiger partial charge < -0.3 is 14.6 Å². The van der Waals surface area contributed by atoms with Crippen LogP contribution in [0.3, 0.4) is 0 Å². The van der Waals surface area contributed by atoms with Crippen LogP contribution in [0.4, 0.5) is 14.9 Å². The molecular formula is C25H27Cl2FN2O4. The third kappa shape index (κ3) is 4.24. The van der Waals surface area contributed by atoms with Crippen molar-refractivity contribution in [2.75, 3.05) is 24.6 Å². The minimum Gasteiger partial charge on any atom is -0.482 e. The van der Waals surface area contributed by atoms with Crippen LogP contribution in [0, 0.1) is 11.7 Å². The molecule has 0 spiro atoms. The van der Waals surface area contributed by atoms with Gasteiger partial charge in [0.1, 0.15) is 24.3 Å². The lowest BCUT2D eigenvalue weighted by molar-refractivity contribution is 0.0819. The molecule has 0 aromatic heterocycles. The average molecular weight is 509 g/mol. The molecule has 2 heterocycles. The zero-order valence-electron chi connectivity index (χ0n) is 19.0. The molecular weight excluding hydrogens is 482 g/mol. The first-order valence-electron chi connectivity index (χ1n) is 11.5. The Bertz CT molecular complexity index is 1110. The molecule has 2 saturated heterocycles. The largest absolute Gasteiger partial charge is 0.482 e. The van der Waals surface area contributed by atoms with Crippen LogP contribution < -0.4 is 9.64 Å². The fourth-order valence-corrected chi connectivity index (χ4v) is 5.62. The number of likely N-dealkylation sites (tertiary alicyclic amines) is 1. The summed E-state index contributed by atoms with van der Waals surface area (Å²) in [4.78, 5) is 16.2. The van der Waals surface area contributed by atoms with E-state index >= 15 is 0 Å². The number of ether oxygens (including phenoxy) is 2. The highest BCUT2D eigenvalue weighted by Crippen LogP contribution is 2.44. The molecule has 0 saturated carbocycles. The van der Waals surface area contributed by atoms with E-state index in [1.165, 1.54) is 6.07 Å². The smallest absolute Gasteiger partial charge is 0.414 e. The quantitative estimate of drug-likeness (QED) is 0.599. The summed E-state index contributed by atoms with van der Waals surface area (Å²) >= 11 is 12.7. The summed E-state index contributed by atoms with van der Waals surface area (Å²) in [5, 5.41) is 10.8. The van der Waals surface area contributed by atoms with Crippen molar-refractivity contribution >= 4 is 35.0 Å². The third-order valence-corrected chi connectivity index (χ3v) is 7.58. The van der Waals surface area contributed by atoms with Crippen molar-refractivity contribution in [3.8, 4) is 5.75 Å². The number of cyclic esters (lactones) is 1. The van der Waals surface area contributed by atoms with E-state index in [0.29, 0.717) is 65.1 Å². The zero-order chi connectivity index (χ0) is 24.1. The lowest BCUT2D eigenvalue weighted by atomic mass is 10.0. The number of rotatable bonds is 5. The van der Waals surface area contributed by atoms with Crippen LogP contribution >= 0.6 is 23.2 Å². The molecule has 5 rings (SSSR count). The Kier molecular flexibility index (Phi) is 6.40. The number of aliphatic hydroxyl groups is 1. The molecule has 1 N–H and O–H groups in total. The van der Waals surface area contributed by atoms with Crippen LogP contribution in [0.1, 0.15) is 37.5 Å². The van der Waals surface area contributed by atoms with E-state index in [1.807, 2.05) is 13.8 Å². The molecule has 4 atom stereocenters. The molecule has 2 aromatic rings. The normalized spacial score (nSPS) is 26.9. The summed E-state index contributed by atoms with van der Waals surface area (Å²) in [6, 6.07) is 7.97. The predicted octanol–water partition coefficient (Wildman–Crippen LogP) is 5.23. The first kappa shape index (κ1) is 23.7. The number of hydrogen-bond donors (Lipinski definition) is 1. The number of nitrogens with zero attached hydrogens (tertiary/aromatic N) is 2. The molecule has 2 aromatic carbocycles. The molecule has 1 amide bonds. The molecule has 0 bridgehead atoms. The van der Waals surface area contributed by atoms with Crippen molar-refractivity contribution in [1.29, 1.82) is 0 Å². The Balaban J connectivity index is 1.51. The van der Waals surface area contributed by atoms with Crippen LogP contribution in [0.15, 0.2) is 30.3 Å². The number of anilines is 1. The van der Waals surface area contributed by atoms with Crippen LogP contribution in [-0.2, 0) is 11.2 Å². The number of carbonyl (C=O) groups is 1. The number of β-amino-alcohol motifs (C(OH)–C–C–N with tert-alkyl or cyclic N) is 1. The average Bonchev–Trinajstić information content (AvgIpc) is 3.47. The van der Waals surface area contributed by atoms with E-state index in [2.05, 4.69) is 4.90 Å². The number of amides is 1. The van der Waals surface area contributed by atoms with E-state index in [1.54, 1.807) is 29.2 Å². The minimum atomic E-state index is -0.535. The van der Waals surface area contributed by atoms with E-state index in [4.69, 9.17) is 32.7 Å². The maximum atomic E-state index is 14.8. The van der Waals surface area contributed by atoms with Gasteiger partial charge in [-0.25, -0.2) is 9.18 Å². The molecule has 2 fully saturated rings. The molecule has 9 heteroatoms. The highest BCUT2D eigenvalue weighted by Gasteiger charge is 2.42. The summed E-state index contributed by atoms with van der Waals surface area (Å²) in [7, 11) is 0. The molecule has 182 valence electrons. The van der Waals surface area contributed by atoms with Gasteiger partial charge >= 0.3 is 6.09 Å². The zero-order valence-corrected chi connectivity index (χ0v) is 20.5. The molecule has 2 aliphatic heterocycles. The van der Waals surface area contributed by atoms with Crippen LogP contribution in [0.5, 0.6) is 5.75 Å². The summed E-state index contributed by atoms with van der Waals surface area (Å²) in [6.45, 7) is 5.59. The van der Waals surface area contributed by atoms with Crippen molar-refractivity contribution in [3.05, 3.63) is 57.3 Å². The summed E-state index contributed by atoms with van der Waals surface area (Å²) in [5.74, 6) is 0.228. The predicted molar refractivity (Wildman–Crippen MR) is 128 cm³/mol. The second kappa shape index (κ2) is 9.19. The van der Waals surface area contributed by atoms with Gasteiger partial charge in [-0.2, -0.15) is 0 Å². The van der Waals surface area contributed by atoms with Crippen LogP contribution in [0.25, 0.3) is 0 Å². The lowest BCUT2D eigenvalue weighted by Crippen LogP contribution is -2.39. The van der Waals surface area contributed by atoms with Crippen molar-refractivity contribution in [3.63, 3.8) is 0 Å². The topological polar surface area (TPSA) is 62.2 Å². The van der Waals surface area contributed by atoms with Gasteiger partial charge in [-0.1, -0.05) is 37.0 Å². The van der Waals surface area contributed by atoms with E-state index in [0.717, 1.165) is 0 Å². The van der Waals surface area contributed by atoms with Gasteiger partial charge in [0.25, 0.3) is 0 Å². The van der Waals surface area contributed by atoms with Crippen molar-refractivity contribution in [2.45, 2.75) is 51.0 Å². The van der Waals surface area contributed by atoms with E-state index in [-0.39, 0.29) is 23.8 Å². The van der Waals surface area contributed by atoms with Gasteiger partial charge in [0.15, 0.2) is 0 Å². The Hall–Kier alpha value is -2.06. The number of hydrogen-bond acceptors (Lipinski definition) is 5. The number of aliphatic hydroxyl groups excluding tert-OH is 1. The van der Waals surface area contributed by atoms with Gasteiger partial charge in [-0.15, -0.1) is 0 Å². The van der Waals surface area contributed by atoms with Gasteiger partial charge in [0.05, 0.1) is 28.9 Å². The maximum Gasteiger partial charge on any atom is 0.414 e. The molecule has 2 unspecified atom stereocenters. The van der Waals surface area contributed by atoms with Gasteiger partial charge in [0, 0.05) is 29.7 Å². The van der Waals surface area contributed by atoms with Crippen LogP contribution in [0.2, 0.25) is 10.0 Å². The van der Waals surface area contributed by atoms with Gasteiger partial charge in [-0.05, 0) is 48.6 Å². The first-order valence-corrected chi connectivity index (χ1v) is 12.3. The maximum absolute atomic E-state index is 14.8. The highest BCUT2D eigenvalue weighted by molar-refractivity contribution is 6.32. The highest BCUT2D eigenvalue weighted by atomic mass is 35.5. The number of fused-ring (bicyclic) bond motifs is 1. The van der Waals surface area contributed by atoms with Crippen molar-refractivity contribution < 1.29 is 23.8 Å². The monoisotopic (exact) mass is 508 g/mol. The lowest BCUT2D eigenvalue weighted by Gasteiger charge is -2.31. The van der Waals surface area contributed by atoms with E-state index in [9.17, 15) is 14.3 Å². The fraction of sp³-hybridized carbons (Fsp3) is 0.480. The molecule has 6 nitrogen and oxygen atoms in total. The number of benzene rings is 2. The van der Waals surface area contributed by atoms with E-state index < -0.39 is 18.3 Å². The number of carbonyl (C=O) groups excluding carboxylic acids is 1. The van der Waals surface area contributed by atoms with Crippen LogP contribution in [-0.4, -0.2) is 54.0 Å². The fourth-order valence-electron chi connectivity index (χ4n) is 5.24. The third-order valence-electron chi connectivity index (χ3n) is 7.05. The molecule has 3 aliphatic rings. The molecule has 1 aliphatic carbocycles. The van der Waals surface area contributed by atoms with Crippen molar-refractivity contribution in [1.82, 2.24) is 4.90 Å². The van der Waals surface area contributed by atoms with Crippen molar-refractivity contribution in [2.24, 2.45) is 5.92 Å². The SMILES string of the molecule is CC(C)C1COC(=O)N1c1ccc(Cl)c(O[C@H]2c3cc(Cl)cc(F)c3C[C@@H]2N2CCC(O)C2)c1. The number of halogens is 3. The Labute approximate surface area is 208 Å². The Morgan fingerprint density at radius 2 is 2.03 bits per heavy atom. The van der Waals surface area contributed by atoms with Gasteiger partial charge in [-0.3, -0.25) is 9.80 Å². The molecule has 0 radical (unpaired) electrons. The second-order valence-corrected chi connectivity index (χ2v) is 10.4. The first-order chi connectivity index (χ1) is 16.2. The Morgan fingerprint density at radius 1 is 1.24 bits per heavy atom. The van der Waals surface area contributed by atoms with Gasteiger partial charge in [0.2, 0.25) is 0 Å². The summed E-state index contributed by atoms with van der Waals surface area (Å²) in [5.41, 5.74) is 1.87. The standard InChI is InChI=1S/C25H27Cl2FN2O4/c1-13(2)22-12-33-25(32)30(22)15-3-4-19(27)23(9-15)34-24-18-7-14(26)8-20(28)17(18)10-21(24)29-6-5-16(31)11-29/h3-4,7-9,13,16,21-22,24,31H,5-6,10-12H2,1-2H3/t16?,21-,22?,24-/m0/s1. The molecule has 34 heavy (non-hydrogen) atoms. The summed E-state index contributed by atoms with van der Waals surface area (Å²) in [6.07, 6.45) is -0.254. The Morgan fingerprint density at radius 3 is 2.74 bits per heavy atom. The minimum absolute atomic E-state index is 0.0968. The second-order valence-electron chi connectivity index (χ2n) is 9.58. The summed E-state index contributed by atoms with van der Waals surface area (Å²) < 4.78 is 26.6.